The van der Waals surface area contributed by atoms with Gasteiger partial charge in [0.1, 0.15) is 11.4 Å². The van der Waals surface area contributed by atoms with Crippen molar-refractivity contribution in [1.82, 2.24) is 19.6 Å². The van der Waals surface area contributed by atoms with Gasteiger partial charge in [-0.05, 0) is 19.1 Å². The Bertz CT molecular complexity index is 1060. The van der Waals surface area contributed by atoms with Crippen molar-refractivity contribution in [2.24, 2.45) is 14.1 Å². The van der Waals surface area contributed by atoms with E-state index < -0.39 is 18.4 Å². The van der Waals surface area contributed by atoms with Crippen LogP contribution < -0.4 is 15.4 Å². The molecule has 3 rings (SSSR count). The van der Waals surface area contributed by atoms with Crippen molar-refractivity contribution in [1.29, 1.82) is 0 Å². The van der Waals surface area contributed by atoms with Crippen molar-refractivity contribution in [2.45, 2.75) is 13.5 Å². The van der Waals surface area contributed by atoms with E-state index in [2.05, 4.69) is 25.6 Å². The lowest BCUT2D eigenvalue weighted by atomic mass is 10.2. The summed E-state index contributed by atoms with van der Waals surface area (Å²) < 4.78 is 32.4. The third-order valence-corrected chi connectivity index (χ3v) is 4.23. The van der Waals surface area contributed by atoms with Crippen LogP contribution in [0.25, 0.3) is 0 Å². The minimum Gasteiger partial charge on any atom is -0.434 e. The zero-order valence-corrected chi connectivity index (χ0v) is 15.8. The first-order valence-electron chi connectivity index (χ1n) is 8.45. The van der Waals surface area contributed by atoms with Crippen LogP contribution >= 0.6 is 0 Å². The molecule has 11 heteroatoms. The molecule has 0 aliphatic heterocycles. The summed E-state index contributed by atoms with van der Waals surface area (Å²) in [5, 5.41) is 13.3. The standard InChI is InChI=1S/C18H18F2N6O3/c1-10-12(8-21-25(10)2)23-17(28)15-13(9-22-26(15)3)24-16(27)11-6-4-5-7-14(11)29-18(19)20/h4-9,18H,1-3H3,(H,23,28)(H,24,27). The van der Waals surface area contributed by atoms with Gasteiger partial charge in [0.05, 0.1) is 35.0 Å². The number of hydrogen-bond acceptors (Lipinski definition) is 5. The monoisotopic (exact) mass is 404 g/mol. The van der Waals surface area contributed by atoms with Gasteiger partial charge in [0.2, 0.25) is 0 Å². The zero-order chi connectivity index (χ0) is 21.1. The van der Waals surface area contributed by atoms with Crippen LogP contribution in [-0.4, -0.2) is 38.0 Å². The number of nitrogens with zero attached hydrogens (tertiary/aromatic N) is 4. The number of alkyl halides is 2. The van der Waals surface area contributed by atoms with Crippen molar-refractivity contribution < 1.29 is 23.1 Å². The van der Waals surface area contributed by atoms with Crippen molar-refractivity contribution in [3.05, 3.63) is 53.6 Å². The maximum absolute atomic E-state index is 12.7. The predicted molar refractivity (Wildman–Crippen MR) is 100 cm³/mol. The van der Waals surface area contributed by atoms with Gasteiger partial charge in [-0.3, -0.25) is 19.0 Å². The van der Waals surface area contributed by atoms with E-state index in [4.69, 9.17) is 0 Å². The Hall–Kier alpha value is -3.76. The van der Waals surface area contributed by atoms with Crippen molar-refractivity contribution in [2.75, 3.05) is 10.6 Å². The summed E-state index contributed by atoms with van der Waals surface area (Å²) in [6.07, 6.45) is 2.79. The van der Waals surface area contributed by atoms with E-state index in [0.717, 1.165) is 5.69 Å². The first-order valence-corrected chi connectivity index (χ1v) is 8.45. The largest absolute Gasteiger partial charge is 0.434 e. The number of para-hydroxylation sites is 1. The molecule has 2 amide bonds. The number of ether oxygens (including phenoxy) is 1. The first-order chi connectivity index (χ1) is 13.8. The van der Waals surface area contributed by atoms with E-state index in [9.17, 15) is 18.4 Å². The van der Waals surface area contributed by atoms with Gasteiger partial charge in [-0.1, -0.05) is 12.1 Å². The van der Waals surface area contributed by atoms with Gasteiger partial charge < -0.3 is 15.4 Å². The zero-order valence-electron chi connectivity index (χ0n) is 15.8. The molecule has 152 valence electrons. The number of carbonyl (C=O) groups is 2. The highest BCUT2D eigenvalue weighted by Gasteiger charge is 2.22. The van der Waals surface area contributed by atoms with E-state index >= 15 is 0 Å². The van der Waals surface area contributed by atoms with Gasteiger partial charge in [-0.2, -0.15) is 19.0 Å². The van der Waals surface area contributed by atoms with Crippen LogP contribution in [0.15, 0.2) is 36.7 Å². The number of nitrogens with one attached hydrogen (secondary N) is 2. The summed E-state index contributed by atoms with van der Waals surface area (Å²) >= 11 is 0. The highest BCUT2D eigenvalue weighted by molar-refractivity contribution is 6.12. The van der Waals surface area contributed by atoms with Gasteiger partial charge in [-0.15, -0.1) is 0 Å². The molecule has 0 spiro atoms. The molecule has 2 aromatic heterocycles. The summed E-state index contributed by atoms with van der Waals surface area (Å²) in [6, 6.07) is 5.56. The second-order valence-corrected chi connectivity index (χ2v) is 6.08. The van der Waals surface area contributed by atoms with Crippen LogP contribution in [0.3, 0.4) is 0 Å². The van der Waals surface area contributed by atoms with E-state index in [0.29, 0.717) is 5.69 Å². The smallest absolute Gasteiger partial charge is 0.387 e. The van der Waals surface area contributed by atoms with Crippen LogP contribution in [0.5, 0.6) is 5.75 Å². The molecule has 2 N–H and O–H groups in total. The number of carbonyl (C=O) groups excluding carboxylic acids is 2. The lowest BCUT2D eigenvalue weighted by Crippen LogP contribution is -2.21. The van der Waals surface area contributed by atoms with Gasteiger partial charge in [0.15, 0.2) is 0 Å². The molecule has 0 aliphatic rings. The molecule has 0 aliphatic carbocycles. The molecule has 1 aromatic carbocycles. The molecule has 29 heavy (non-hydrogen) atoms. The van der Waals surface area contributed by atoms with E-state index in [1.54, 1.807) is 18.7 Å². The van der Waals surface area contributed by atoms with E-state index in [1.165, 1.54) is 48.4 Å². The fourth-order valence-electron chi connectivity index (χ4n) is 2.64. The number of aromatic nitrogens is 4. The van der Waals surface area contributed by atoms with Crippen LogP contribution in [0, 0.1) is 6.92 Å². The molecule has 0 bridgehead atoms. The van der Waals surface area contributed by atoms with Crippen molar-refractivity contribution in [3.63, 3.8) is 0 Å². The number of hydrogen-bond donors (Lipinski definition) is 2. The summed E-state index contributed by atoms with van der Waals surface area (Å²) in [6.45, 7) is -1.29. The quantitative estimate of drug-likeness (QED) is 0.657. The molecule has 9 nitrogen and oxygen atoms in total. The highest BCUT2D eigenvalue weighted by Crippen LogP contribution is 2.23. The molecular formula is C18H18F2N6O3. The Morgan fingerprint density at radius 3 is 2.28 bits per heavy atom. The fraction of sp³-hybridized carbons (Fsp3) is 0.222. The lowest BCUT2D eigenvalue weighted by Gasteiger charge is -2.11. The van der Waals surface area contributed by atoms with E-state index in [-0.39, 0.29) is 22.7 Å². The van der Waals surface area contributed by atoms with Crippen LogP contribution in [-0.2, 0) is 14.1 Å². The fourth-order valence-corrected chi connectivity index (χ4v) is 2.64. The Morgan fingerprint density at radius 2 is 1.62 bits per heavy atom. The minimum atomic E-state index is -3.08. The highest BCUT2D eigenvalue weighted by atomic mass is 19.3. The van der Waals surface area contributed by atoms with Gasteiger partial charge in [-0.25, -0.2) is 0 Å². The third-order valence-electron chi connectivity index (χ3n) is 4.23. The minimum absolute atomic E-state index is 0.0777. The van der Waals surface area contributed by atoms with Crippen molar-refractivity contribution >= 4 is 23.2 Å². The van der Waals surface area contributed by atoms with Crippen molar-refractivity contribution in [3.8, 4) is 5.75 Å². The number of halogens is 2. The average molecular weight is 404 g/mol. The number of anilines is 2. The topological polar surface area (TPSA) is 103 Å². The summed E-state index contributed by atoms with van der Waals surface area (Å²) in [5.41, 5.74) is 1.33. The van der Waals surface area contributed by atoms with Crippen LogP contribution in [0.1, 0.15) is 26.5 Å². The third kappa shape index (κ3) is 4.23. The molecule has 3 aromatic rings. The van der Waals surface area contributed by atoms with Gasteiger partial charge in [0, 0.05) is 14.1 Å². The molecule has 2 heterocycles. The number of rotatable bonds is 6. The maximum Gasteiger partial charge on any atom is 0.387 e. The van der Waals surface area contributed by atoms with Crippen LogP contribution in [0.2, 0.25) is 0 Å². The van der Waals surface area contributed by atoms with Gasteiger partial charge >= 0.3 is 6.61 Å². The molecule has 0 fully saturated rings. The Kier molecular flexibility index (Phi) is 5.57. The SMILES string of the molecule is Cc1c(NC(=O)c2c(NC(=O)c3ccccc3OC(F)F)cnn2C)cnn1C. The average Bonchev–Trinajstić information content (AvgIpc) is 3.18. The van der Waals surface area contributed by atoms with E-state index in [1.807, 2.05) is 0 Å². The normalized spacial score (nSPS) is 10.8. The number of benzene rings is 1. The number of aryl methyl sites for hydroxylation is 2. The lowest BCUT2D eigenvalue weighted by molar-refractivity contribution is -0.0501. The second kappa shape index (κ2) is 8.09. The summed E-state index contributed by atoms with van der Waals surface area (Å²) in [7, 11) is 3.27. The molecule has 0 saturated heterocycles. The molecule has 0 radical (unpaired) electrons. The molecular weight excluding hydrogens is 386 g/mol. The molecule has 0 saturated carbocycles. The summed E-state index contributed by atoms with van der Waals surface area (Å²) in [5.74, 6) is -1.52. The summed E-state index contributed by atoms with van der Waals surface area (Å²) in [4.78, 5) is 25.3. The molecule has 0 atom stereocenters. The predicted octanol–water partition coefficient (Wildman–Crippen LogP) is 2.57. The molecule has 0 unspecified atom stereocenters. The Morgan fingerprint density at radius 1 is 1.00 bits per heavy atom. The van der Waals surface area contributed by atoms with Crippen LogP contribution in [0.4, 0.5) is 20.2 Å². The Labute approximate surface area is 164 Å². The second-order valence-electron chi connectivity index (χ2n) is 6.08. The maximum atomic E-state index is 12.7. The Balaban J connectivity index is 1.84. The first kappa shape index (κ1) is 20.0. The number of amides is 2. The van der Waals surface area contributed by atoms with Gasteiger partial charge in [0.25, 0.3) is 11.8 Å².